The van der Waals surface area contributed by atoms with Crippen LogP contribution in [0.4, 0.5) is 13.2 Å². The lowest BCUT2D eigenvalue weighted by atomic mass is 9.90. The summed E-state index contributed by atoms with van der Waals surface area (Å²) in [6.45, 7) is 3.06. The number of halogens is 3. The second-order valence-corrected chi connectivity index (χ2v) is 6.04. The van der Waals surface area contributed by atoms with Crippen LogP contribution in [0.25, 0.3) is 0 Å². The summed E-state index contributed by atoms with van der Waals surface area (Å²) >= 11 is 0. The van der Waals surface area contributed by atoms with E-state index in [9.17, 15) is 13.2 Å². The SMILES string of the molecule is CCNC1CCCCC(Cc2cccc(C(F)(F)F)c2)C1. The summed E-state index contributed by atoms with van der Waals surface area (Å²) in [5.41, 5.74) is 0.281. The molecule has 1 nitrogen and oxygen atoms in total. The molecule has 0 bridgehead atoms. The largest absolute Gasteiger partial charge is 0.416 e. The predicted octanol–water partition coefficient (Wildman–Crippen LogP) is 4.81. The highest BCUT2D eigenvalue weighted by molar-refractivity contribution is 5.26. The minimum absolute atomic E-state index is 0.486. The zero-order valence-corrected chi connectivity index (χ0v) is 12.5. The smallest absolute Gasteiger partial charge is 0.314 e. The summed E-state index contributed by atoms with van der Waals surface area (Å²) in [6.07, 6.45) is 2.30. The van der Waals surface area contributed by atoms with Crippen LogP contribution < -0.4 is 5.32 Å². The van der Waals surface area contributed by atoms with Crippen molar-refractivity contribution in [3.05, 3.63) is 35.4 Å². The lowest BCUT2D eigenvalue weighted by Crippen LogP contribution is -2.30. The van der Waals surface area contributed by atoms with E-state index in [0.29, 0.717) is 12.0 Å². The maximum absolute atomic E-state index is 12.8. The summed E-state index contributed by atoms with van der Waals surface area (Å²) in [5, 5.41) is 3.50. The number of hydrogen-bond donors (Lipinski definition) is 1. The Morgan fingerprint density at radius 1 is 1.19 bits per heavy atom. The number of rotatable bonds is 4. The zero-order valence-electron chi connectivity index (χ0n) is 12.5. The van der Waals surface area contributed by atoms with E-state index >= 15 is 0 Å². The van der Waals surface area contributed by atoms with E-state index in [1.807, 2.05) is 6.07 Å². The lowest BCUT2D eigenvalue weighted by Gasteiger charge is -2.21. The Hall–Kier alpha value is -1.03. The zero-order chi connectivity index (χ0) is 15.3. The molecule has 0 saturated heterocycles. The molecule has 1 aromatic carbocycles. The Morgan fingerprint density at radius 2 is 1.95 bits per heavy atom. The molecule has 0 spiro atoms. The van der Waals surface area contributed by atoms with E-state index in [0.717, 1.165) is 37.4 Å². The highest BCUT2D eigenvalue weighted by Crippen LogP contribution is 2.31. The molecule has 0 radical (unpaired) electrons. The normalized spacial score (nSPS) is 23.8. The molecule has 1 fully saturated rings. The van der Waals surface area contributed by atoms with Crippen LogP contribution in [0.5, 0.6) is 0 Å². The molecule has 1 aromatic rings. The summed E-state index contributed by atoms with van der Waals surface area (Å²) < 4.78 is 38.3. The van der Waals surface area contributed by atoms with Gasteiger partial charge in [-0.05, 0) is 43.4 Å². The fourth-order valence-corrected chi connectivity index (χ4v) is 3.33. The van der Waals surface area contributed by atoms with E-state index in [1.54, 1.807) is 0 Å². The van der Waals surface area contributed by atoms with Crippen molar-refractivity contribution in [2.45, 2.75) is 57.7 Å². The second-order valence-electron chi connectivity index (χ2n) is 6.04. The second kappa shape index (κ2) is 7.30. The van der Waals surface area contributed by atoms with Gasteiger partial charge in [0.25, 0.3) is 0 Å². The third-order valence-corrected chi connectivity index (χ3v) is 4.30. The average Bonchev–Trinajstić information content (AvgIpc) is 2.64. The van der Waals surface area contributed by atoms with Gasteiger partial charge in [-0.1, -0.05) is 44.4 Å². The van der Waals surface area contributed by atoms with Gasteiger partial charge in [0.15, 0.2) is 0 Å². The first-order chi connectivity index (χ1) is 9.99. The summed E-state index contributed by atoms with van der Waals surface area (Å²) in [7, 11) is 0. The number of nitrogens with one attached hydrogen (secondary N) is 1. The van der Waals surface area contributed by atoms with Crippen LogP contribution in [0, 0.1) is 5.92 Å². The van der Waals surface area contributed by atoms with Crippen LogP contribution in [0.3, 0.4) is 0 Å². The van der Waals surface area contributed by atoms with E-state index in [-0.39, 0.29) is 0 Å². The molecule has 1 aliphatic rings. The Bertz CT molecular complexity index is 442. The molecular weight excluding hydrogens is 275 g/mol. The van der Waals surface area contributed by atoms with Crippen molar-refractivity contribution in [2.24, 2.45) is 5.92 Å². The number of alkyl halides is 3. The van der Waals surface area contributed by atoms with Crippen LogP contribution in [0.15, 0.2) is 24.3 Å². The van der Waals surface area contributed by atoms with Crippen molar-refractivity contribution in [1.82, 2.24) is 5.32 Å². The molecule has 118 valence electrons. The Balaban J connectivity index is 2.02. The molecule has 0 amide bonds. The highest BCUT2D eigenvalue weighted by Gasteiger charge is 2.30. The van der Waals surface area contributed by atoms with E-state index in [2.05, 4.69) is 12.2 Å². The fraction of sp³-hybridized carbons (Fsp3) is 0.647. The van der Waals surface area contributed by atoms with Gasteiger partial charge in [0.2, 0.25) is 0 Å². The van der Waals surface area contributed by atoms with Gasteiger partial charge in [-0.3, -0.25) is 0 Å². The molecule has 21 heavy (non-hydrogen) atoms. The quantitative estimate of drug-likeness (QED) is 0.787. The predicted molar refractivity (Wildman–Crippen MR) is 79.2 cm³/mol. The van der Waals surface area contributed by atoms with Gasteiger partial charge in [-0.2, -0.15) is 13.2 Å². The maximum Gasteiger partial charge on any atom is 0.416 e. The summed E-state index contributed by atoms with van der Waals surface area (Å²) in [4.78, 5) is 0. The fourth-order valence-electron chi connectivity index (χ4n) is 3.33. The monoisotopic (exact) mass is 299 g/mol. The van der Waals surface area contributed by atoms with Gasteiger partial charge in [0, 0.05) is 6.04 Å². The Kier molecular flexibility index (Phi) is 5.68. The lowest BCUT2D eigenvalue weighted by molar-refractivity contribution is -0.137. The van der Waals surface area contributed by atoms with Crippen molar-refractivity contribution in [1.29, 1.82) is 0 Å². The van der Waals surface area contributed by atoms with Crippen LogP contribution >= 0.6 is 0 Å². The molecule has 2 rings (SSSR count). The Labute approximate surface area is 124 Å². The van der Waals surface area contributed by atoms with E-state index in [4.69, 9.17) is 0 Å². The molecule has 1 saturated carbocycles. The van der Waals surface area contributed by atoms with Crippen molar-refractivity contribution in [3.8, 4) is 0 Å². The maximum atomic E-state index is 12.8. The van der Waals surface area contributed by atoms with E-state index in [1.165, 1.54) is 31.4 Å². The molecule has 0 aromatic heterocycles. The minimum Gasteiger partial charge on any atom is -0.314 e. The van der Waals surface area contributed by atoms with Crippen molar-refractivity contribution in [3.63, 3.8) is 0 Å². The van der Waals surface area contributed by atoms with Gasteiger partial charge in [0.05, 0.1) is 5.56 Å². The van der Waals surface area contributed by atoms with Gasteiger partial charge in [-0.25, -0.2) is 0 Å². The van der Waals surface area contributed by atoms with Crippen molar-refractivity contribution < 1.29 is 13.2 Å². The molecule has 2 unspecified atom stereocenters. The molecule has 2 atom stereocenters. The molecule has 0 aliphatic heterocycles. The van der Waals surface area contributed by atoms with Crippen LogP contribution in [-0.2, 0) is 12.6 Å². The first kappa shape index (κ1) is 16.3. The minimum atomic E-state index is -4.24. The first-order valence-electron chi connectivity index (χ1n) is 7.88. The summed E-state index contributed by atoms with van der Waals surface area (Å²) in [5.74, 6) is 0.486. The van der Waals surface area contributed by atoms with Crippen LogP contribution in [0.2, 0.25) is 0 Å². The molecule has 4 heteroatoms. The van der Waals surface area contributed by atoms with Gasteiger partial charge in [0.1, 0.15) is 0 Å². The van der Waals surface area contributed by atoms with Crippen molar-refractivity contribution >= 4 is 0 Å². The van der Waals surface area contributed by atoms with Crippen LogP contribution in [-0.4, -0.2) is 12.6 Å². The standard InChI is InChI=1S/C17H24F3N/c1-2-21-16-9-4-3-6-14(12-16)10-13-7-5-8-15(11-13)17(18,19)20/h5,7-8,11,14,16,21H,2-4,6,9-10,12H2,1H3. The van der Waals surface area contributed by atoms with E-state index < -0.39 is 11.7 Å². The van der Waals surface area contributed by atoms with Gasteiger partial charge < -0.3 is 5.32 Å². The molecule has 1 aliphatic carbocycles. The van der Waals surface area contributed by atoms with Crippen molar-refractivity contribution in [2.75, 3.05) is 6.54 Å². The molecule has 1 N–H and O–H groups in total. The third-order valence-electron chi connectivity index (χ3n) is 4.30. The van der Waals surface area contributed by atoms with Crippen LogP contribution in [0.1, 0.15) is 50.2 Å². The molecular formula is C17H24F3N. The highest BCUT2D eigenvalue weighted by atomic mass is 19.4. The first-order valence-corrected chi connectivity index (χ1v) is 7.88. The third kappa shape index (κ3) is 5.03. The van der Waals surface area contributed by atoms with Gasteiger partial charge >= 0.3 is 6.18 Å². The Morgan fingerprint density at radius 3 is 2.67 bits per heavy atom. The van der Waals surface area contributed by atoms with Gasteiger partial charge in [-0.15, -0.1) is 0 Å². The molecule has 0 heterocycles. The summed E-state index contributed by atoms with van der Waals surface area (Å²) in [6, 6.07) is 6.33. The number of hydrogen-bond acceptors (Lipinski definition) is 1. The number of benzene rings is 1. The average molecular weight is 299 g/mol. The topological polar surface area (TPSA) is 12.0 Å².